The summed E-state index contributed by atoms with van der Waals surface area (Å²) in [6.07, 6.45) is 0. The highest BCUT2D eigenvalue weighted by atomic mass is 79.9. The Kier molecular flexibility index (Phi) is 3.15. The highest BCUT2D eigenvalue weighted by Crippen LogP contribution is 2.41. The zero-order chi connectivity index (χ0) is 12.5. The largest absolute Gasteiger partial charge is 0.197 e. The minimum absolute atomic E-state index is 0.163. The molecule has 0 N–H and O–H groups in total. The number of hydrogen-bond acceptors (Lipinski definition) is 2. The number of thioether (sulfide) groups is 1. The number of rotatable bonds is 0. The van der Waals surface area contributed by atoms with Crippen molar-refractivity contribution in [3.05, 3.63) is 63.6 Å². The Morgan fingerprint density at radius 2 is 2.00 bits per heavy atom. The molecule has 1 atom stereocenters. The van der Waals surface area contributed by atoms with Gasteiger partial charge in [-0.2, -0.15) is 5.26 Å². The lowest BCUT2D eigenvalue weighted by Crippen LogP contribution is -2.00. The van der Waals surface area contributed by atoms with Gasteiger partial charge in [-0.3, -0.25) is 0 Å². The van der Waals surface area contributed by atoms with E-state index in [-0.39, 0.29) is 5.92 Å². The molecule has 3 heteroatoms. The molecule has 1 heterocycles. The van der Waals surface area contributed by atoms with Crippen LogP contribution in [0.5, 0.6) is 0 Å². The zero-order valence-electron chi connectivity index (χ0n) is 9.56. The predicted octanol–water partition coefficient (Wildman–Crippen LogP) is 4.71. The molecular formula is C15H10BrNS. The SMILES string of the molecule is N#C[C@H]1c2ccccc2CSc2ccc(Br)cc21. The van der Waals surface area contributed by atoms with Crippen molar-refractivity contribution in [3.63, 3.8) is 0 Å². The quantitative estimate of drug-likeness (QED) is 0.703. The minimum atomic E-state index is -0.163. The van der Waals surface area contributed by atoms with Crippen molar-refractivity contribution in [2.24, 2.45) is 0 Å². The predicted molar refractivity (Wildman–Crippen MR) is 77.6 cm³/mol. The summed E-state index contributed by atoms with van der Waals surface area (Å²) in [5, 5.41) is 9.53. The molecule has 0 bridgehead atoms. The molecule has 1 aliphatic heterocycles. The van der Waals surface area contributed by atoms with Crippen molar-refractivity contribution >= 4 is 27.7 Å². The van der Waals surface area contributed by atoms with Crippen molar-refractivity contribution in [2.75, 3.05) is 0 Å². The molecule has 0 spiro atoms. The van der Waals surface area contributed by atoms with Crippen LogP contribution in [0.25, 0.3) is 0 Å². The fourth-order valence-electron chi connectivity index (χ4n) is 2.29. The first-order chi connectivity index (χ1) is 8.79. The molecule has 3 rings (SSSR count). The second kappa shape index (κ2) is 4.79. The molecule has 88 valence electrons. The summed E-state index contributed by atoms with van der Waals surface area (Å²) in [5.41, 5.74) is 3.52. The molecule has 0 saturated carbocycles. The lowest BCUT2D eigenvalue weighted by Gasteiger charge is -2.12. The molecule has 0 amide bonds. The Bertz CT molecular complexity index is 645. The molecule has 0 aliphatic carbocycles. The highest BCUT2D eigenvalue weighted by Gasteiger charge is 2.23. The average Bonchev–Trinajstić information content (AvgIpc) is 2.54. The van der Waals surface area contributed by atoms with Crippen LogP contribution in [-0.4, -0.2) is 0 Å². The molecule has 0 aromatic heterocycles. The van der Waals surface area contributed by atoms with E-state index in [1.54, 1.807) is 0 Å². The van der Waals surface area contributed by atoms with Crippen molar-refractivity contribution in [3.8, 4) is 6.07 Å². The van der Waals surface area contributed by atoms with Crippen LogP contribution in [0.4, 0.5) is 0 Å². The van der Waals surface area contributed by atoms with Crippen LogP contribution in [0.2, 0.25) is 0 Å². The summed E-state index contributed by atoms with van der Waals surface area (Å²) >= 11 is 5.30. The second-order valence-electron chi connectivity index (χ2n) is 4.23. The van der Waals surface area contributed by atoms with E-state index in [2.05, 4.69) is 46.3 Å². The lowest BCUT2D eigenvalue weighted by atomic mass is 9.90. The maximum absolute atomic E-state index is 9.53. The monoisotopic (exact) mass is 315 g/mol. The number of fused-ring (bicyclic) bond motifs is 2. The van der Waals surface area contributed by atoms with Crippen LogP contribution in [0.1, 0.15) is 22.6 Å². The van der Waals surface area contributed by atoms with Gasteiger partial charge in [-0.15, -0.1) is 11.8 Å². The van der Waals surface area contributed by atoms with E-state index in [9.17, 15) is 5.26 Å². The maximum atomic E-state index is 9.53. The first kappa shape index (κ1) is 11.8. The molecule has 1 aliphatic rings. The molecule has 1 nitrogen and oxygen atoms in total. The fourth-order valence-corrected chi connectivity index (χ4v) is 3.75. The van der Waals surface area contributed by atoms with Gasteiger partial charge in [0.1, 0.15) is 0 Å². The minimum Gasteiger partial charge on any atom is -0.197 e. The van der Waals surface area contributed by atoms with Gasteiger partial charge in [0.05, 0.1) is 12.0 Å². The van der Waals surface area contributed by atoms with Crippen LogP contribution in [-0.2, 0) is 5.75 Å². The molecule has 2 aromatic carbocycles. The average molecular weight is 316 g/mol. The number of halogens is 1. The van der Waals surface area contributed by atoms with Gasteiger partial charge >= 0.3 is 0 Å². The second-order valence-corrected chi connectivity index (χ2v) is 6.16. The van der Waals surface area contributed by atoms with Crippen LogP contribution in [0, 0.1) is 11.3 Å². The number of nitriles is 1. The van der Waals surface area contributed by atoms with Crippen LogP contribution >= 0.6 is 27.7 Å². The van der Waals surface area contributed by atoms with Gasteiger partial charge in [0.25, 0.3) is 0 Å². The molecule has 0 fully saturated rings. The Labute approximate surface area is 119 Å². The summed E-state index contributed by atoms with van der Waals surface area (Å²) in [4.78, 5) is 1.21. The summed E-state index contributed by atoms with van der Waals surface area (Å²) in [6.45, 7) is 0. The first-order valence-electron chi connectivity index (χ1n) is 5.69. The van der Waals surface area contributed by atoms with Gasteiger partial charge in [0.15, 0.2) is 0 Å². The van der Waals surface area contributed by atoms with Gasteiger partial charge in [0, 0.05) is 15.1 Å². The highest BCUT2D eigenvalue weighted by molar-refractivity contribution is 9.10. The number of nitrogens with zero attached hydrogens (tertiary/aromatic N) is 1. The van der Waals surface area contributed by atoms with Crippen molar-refractivity contribution in [1.82, 2.24) is 0 Å². The van der Waals surface area contributed by atoms with Crippen LogP contribution < -0.4 is 0 Å². The Balaban J connectivity index is 2.24. The van der Waals surface area contributed by atoms with Crippen LogP contribution in [0.3, 0.4) is 0 Å². The van der Waals surface area contributed by atoms with Gasteiger partial charge in [-0.25, -0.2) is 0 Å². The van der Waals surface area contributed by atoms with Crippen molar-refractivity contribution < 1.29 is 0 Å². The topological polar surface area (TPSA) is 23.8 Å². The fraction of sp³-hybridized carbons (Fsp3) is 0.133. The first-order valence-corrected chi connectivity index (χ1v) is 7.47. The van der Waals surface area contributed by atoms with Gasteiger partial charge in [-0.05, 0) is 34.9 Å². The third kappa shape index (κ3) is 1.96. The molecule has 18 heavy (non-hydrogen) atoms. The van der Waals surface area contributed by atoms with E-state index in [1.807, 2.05) is 30.0 Å². The molecule has 0 radical (unpaired) electrons. The van der Waals surface area contributed by atoms with Gasteiger partial charge in [-0.1, -0.05) is 40.2 Å². The van der Waals surface area contributed by atoms with E-state index >= 15 is 0 Å². The third-order valence-corrected chi connectivity index (χ3v) is 4.79. The number of benzene rings is 2. The normalized spacial score (nSPS) is 17.2. The molecular weight excluding hydrogens is 306 g/mol. The smallest absolute Gasteiger partial charge is 0.0976 e. The maximum Gasteiger partial charge on any atom is 0.0976 e. The standard InChI is InChI=1S/C15H10BrNS/c16-11-5-6-15-13(7-11)14(8-17)12-4-2-1-3-10(12)9-18-15/h1-7,14H,9H2/t14-/m0/s1. The summed E-state index contributed by atoms with van der Waals surface area (Å²) in [5.74, 6) is 0.770. The van der Waals surface area contributed by atoms with Crippen molar-refractivity contribution in [2.45, 2.75) is 16.6 Å². The van der Waals surface area contributed by atoms with E-state index in [0.717, 1.165) is 21.4 Å². The zero-order valence-corrected chi connectivity index (χ0v) is 12.0. The van der Waals surface area contributed by atoms with Crippen LogP contribution in [0.15, 0.2) is 51.8 Å². The van der Waals surface area contributed by atoms with E-state index in [1.165, 1.54) is 10.5 Å². The van der Waals surface area contributed by atoms with Crippen molar-refractivity contribution in [1.29, 1.82) is 5.26 Å². The Morgan fingerprint density at radius 1 is 1.17 bits per heavy atom. The van der Waals surface area contributed by atoms with Gasteiger partial charge < -0.3 is 0 Å². The molecule has 0 unspecified atom stereocenters. The Hall–Kier alpha value is -1.24. The Morgan fingerprint density at radius 3 is 2.83 bits per heavy atom. The summed E-state index contributed by atoms with van der Waals surface area (Å²) in [6, 6.07) is 16.9. The van der Waals surface area contributed by atoms with E-state index in [4.69, 9.17) is 0 Å². The van der Waals surface area contributed by atoms with Gasteiger partial charge in [0.2, 0.25) is 0 Å². The summed E-state index contributed by atoms with van der Waals surface area (Å²) < 4.78 is 1.03. The van der Waals surface area contributed by atoms with E-state index < -0.39 is 0 Å². The molecule has 0 saturated heterocycles. The summed E-state index contributed by atoms with van der Waals surface area (Å²) in [7, 11) is 0. The van der Waals surface area contributed by atoms with E-state index in [0.29, 0.717) is 0 Å². The molecule has 2 aromatic rings. The lowest BCUT2D eigenvalue weighted by molar-refractivity contribution is 0.991. The number of hydrogen-bond donors (Lipinski definition) is 0. The third-order valence-electron chi connectivity index (χ3n) is 3.16.